The number of rotatable bonds is 7. The SMILES string of the molecule is COc1ccc(Cn2nc(-c3ccc(OC)cc3)cc2-c2ccc(OC)cc2)cc1. The van der Waals surface area contributed by atoms with E-state index in [4.69, 9.17) is 19.3 Å². The monoisotopic (exact) mass is 400 g/mol. The smallest absolute Gasteiger partial charge is 0.118 e. The van der Waals surface area contributed by atoms with Gasteiger partial charge in [-0.3, -0.25) is 4.68 Å². The second-order valence-electron chi connectivity index (χ2n) is 6.88. The van der Waals surface area contributed by atoms with Gasteiger partial charge in [0.15, 0.2) is 0 Å². The van der Waals surface area contributed by atoms with Crippen molar-refractivity contribution in [3.63, 3.8) is 0 Å². The van der Waals surface area contributed by atoms with Gasteiger partial charge in [-0.05, 0) is 72.3 Å². The van der Waals surface area contributed by atoms with Gasteiger partial charge in [0.1, 0.15) is 17.2 Å². The molecule has 5 heteroatoms. The fourth-order valence-electron chi connectivity index (χ4n) is 3.34. The second kappa shape index (κ2) is 8.74. The Morgan fingerprint density at radius 2 is 1.10 bits per heavy atom. The summed E-state index contributed by atoms with van der Waals surface area (Å²) < 4.78 is 17.9. The van der Waals surface area contributed by atoms with Crippen LogP contribution in [0.5, 0.6) is 17.2 Å². The Bertz CT molecular complexity index is 1100. The molecule has 1 aromatic heterocycles. The number of nitrogens with zero attached hydrogens (tertiary/aromatic N) is 2. The van der Waals surface area contributed by atoms with Crippen LogP contribution in [-0.4, -0.2) is 31.1 Å². The van der Waals surface area contributed by atoms with Gasteiger partial charge in [0.05, 0.1) is 39.3 Å². The molecule has 5 nitrogen and oxygen atoms in total. The van der Waals surface area contributed by atoms with Gasteiger partial charge < -0.3 is 14.2 Å². The molecule has 4 aromatic rings. The van der Waals surface area contributed by atoms with Gasteiger partial charge in [-0.25, -0.2) is 0 Å². The summed E-state index contributed by atoms with van der Waals surface area (Å²) in [5, 5.41) is 4.91. The molecule has 4 rings (SSSR count). The highest BCUT2D eigenvalue weighted by Gasteiger charge is 2.13. The zero-order valence-electron chi connectivity index (χ0n) is 17.3. The summed E-state index contributed by atoms with van der Waals surface area (Å²) in [4.78, 5) is 0. The number of aromatic nitrogens is 2. The second-order valence-corrected chi connectivity index (χ2v) is 6.88. The molecule has 0 bridgehead atoms. The van der Waals surface area contributed by atoms with Crippen LogP contribution in [-0.2, 0) is 6.54 Å². The Hall–Kier alpha value is -3.73. The van der Waals surface area contributed by atoms with Gasteiger partial charge in [-0.1, -0.05) is 12.1 Å². The molecule has 0 amide bonds. The fourth-order valence-corrected chi connectivity index (χ4v) is 3.34. The number of methoxy groups -OCH3 is 3. The maximum Gasteiger partial charge on any atom is 0.118 e. The zero-order valence-corrected chi connectivity index (χ0v) is 17.3. The highest BCUT2D eigenvalue weighted by molar-refractivity contribution is 5.69. The third-order valence-electron chi connectivity index (χ3n) is 5.04. The maximum absolute atomic E-state index is 5.30. The van der Waals surface area contributed by atoms with E-state index in [1.165, 1.54) is 0 Å². The minimum Gasteiger partial charge on any atom is -0.497 e. The lowest BCUT2D eigenvalue weighted by Crippen LogP contribution is -2.04. The summed E-state index contributed by atoms with van der Waals surface area (Å²) >= 11 is 0. The minimum absolute atomic E-state index is 0.654. The molecule has 0 aliphatic rings. The number of ether oxygens (including phenoxy) is 3. The molecule has 0 radical (unpaired) electrons. The molecule has 0 atom stereocenters. The average Bonchev–Trinajstić information content (AvgIpc) is 3.23. The Labute approximate surface area is 176 Å². The van der Waals surface area contributed by atoms with Crippen molar-refractivity contribution in [3.8, 4) is 39.8 Å². The van der Waals surface area contributed by atoms with Crippen molar-refractivity contribution < 1.29 is 14.2 Å². The van der Waals surface area contributed by atoms with E-state index in [9.17, 15) is 0 Å². The van der Waals surface area contributed by atoms with Gasteiger partial charge in [0.25, 0.3) is 0 Å². The van der Waals surface area contributed by atoms with Gasteiger partial charge in [0, 0.05) is 11.1 Å². The Kier molecular flexibility index (Phi) is 5.70. The number of hydrogen-bond donors (Lipinski definition) is 0. The van der Waals surface area contributed by atoms with Crippen molar-refractivity contribution in [3.05, 3.63) is 84.4 Å². The predicted octanol–water partition coefficient (Wildman–Crippen LogP) is 5.29. The van der Waals surface area contributed by atoms with E-state index >= 15 is 0 Å². The van der Waals surface area contributed by atoms with Crippen LogP contribution in [0.3, 0.4) is 0 Å². The quantitative estimate of drug-likeness (QED) is 0.423. The zero-order chi connectivity index (χ0) is 20.9. The summed E-state index contributed by atoms with van der Waals surface area (Å²) in [6.45, 7) is 0.654. The van der Waals surface area contributed by atoms with Crippen LogP contribution in [0.15, 0.2) is 78.9 Å². The van der Waals surface area contributed by atoms with Crippen molar-refractivity contribution in [1.29, 1.82) is 0 Å². The molecule has 0 aliphatic heterocycles. The highest BCUT2D eigenvalue weighted by Crippen LogP contribution is 2.29. The van der Waals surface area contributed by atoms with Gasteiger partial charge in [-0.2, -0.15) is 5.10 Å². The molecule has 0 saturated carbocycles. The first-order valence-corrected chi connectivity index (χ1v) is 9.70. The largest absolute Gasteiger partial charge is 0.497 e. The van der Waals surface area contributed by atoms with Crippen molar-refractivity contribution in [2.75, 3.05) is 21.3 Å². The standard InChI is InChI=1S/C25H24N2O3/c1-28-21-10-4-18(5-11-21)17-27-25(20-8-14-23(30-3)15-9-20)16-24(26-27)19-6-12-22(29-2)13-7-19/h4-16H,17H2,1-3H3. The lowest BCUT2D eigenvalue weighted by Gasteiger charge is -2.09. The third kappa shape index (κ3) is 4.15. The van der Waals surface area contributed by atoms with Crippen LogP contribution in [0.2, 0.25) is 0 Å². The van der Waals surface area contributed by atoms with E-state index in [0.717, 1.165) is 45.3 Å². The van der Waals surface area contributed by atoms with Gasteiger partial charge in [-0.15, -0.1) is 0 Å². The first-order valence-electron chi connectivity index (χ1n) is 9.70. The third-order valence-corrected chi connectivity index (χ3v) is 5.04. The lowest BCUT2D eigenvalue weighted by atomic mass is 10.1. The summed E-state index contributed by atoms with van der Waals surface area (Å²) in [6, 6.07) is 26.2. The topological polar surface area (TPSA) is 45.5 Å². The highest BCUT2D eigenvalue weighted by atomic mass is 16.5. The normalized spacial score (nSPS) is 10.6. The molecule has 0 N–H and O–H groups in total. The number of benzene rings is 3. The van der Waals surface area contributed by atoms with Crippen LogP contribution < -0.4 is 14.2 Å². The van der Waals surface area contributed by atoms with E-state index < -0.39 is 0 Å². The van der Waals surface area contributed by atoms with Crippen LogP contribution in [0.25, 0.3) is 22.5 Å². The molecular weight excluding hydrogens is 376 g/mol. The first-order chi connectivity index (χ1) is 14.7. The number of hydrogen-bond acceptors (Lipinski definition) is 4. The van der Waals surface area contributed by atoms with Crippen LogP contribution in [0.1, 0.15) is 5.56 Å². The fraction of sp³-hybridized carbons (Fsp3) is 0.160. The molecule has 30 heavy (non-hydrogen) atoms. The summed E-state index contributed by atoms with van der Waals surface area (Å²) in [5.41, 5.74) is 5.22. The summed E-state index contributed by atoms with van der Waals surface area (Å²) in [5.74, 6) is 2.50. The molecular formula is C25H24N2O3. The maximum atomic E-state index is 5.30. The molecule has 0 saturated heterocycles. The minimum atomic E-state index is 0.654. The Morgan fingerprint density at radius 1 is 0.633 bits per heavy atom. The van der Waals surface area contributed by atoms with Crippen LogP contribution in [0.4, 0.5) is 0 Å². The van der Waals surface area contributed by atoms with E-state index in [1.807, 2.05) is 53.2 Å². The molecule has 152 valence electrons. The predicted molar refractivity (Wildman–Crippen MR) is 118 cm³/mol. The van der Waals surface area contributed by atoms with Crippen LogP contribution >= 0.6 is 0 Å². The Morgan fingerprint density at radius 3 is 1.60 bits per heavy atom. The Balaban J connectivity index is 1.73. The molecule has 0 unspecified atom stereocenters. The van der Waals surface area contributed by atoms with Crippen molar-refractivity contribution >= 4 is 0 Å². The van der Waals surface area contributed by atoms with Gasteiger partial charge in [0.2, 0.25) is 0 Å². The lowest BCUT2D eigenvalue weighted by molar-refractivity contribution is 0.414. The van der Waals surface area contributed by atoms with E-state index in [1.54, 1.807) is 21.3 Å². The summed E-state index contributed by atoms with van der Waals surface area (Å²) in [6.07, 6.45) is 0. The van der Waals surface area contributed by atoms with Crippen LogP contribution in [0, 0.1) is 0 Å². The molecule has 0 aliphatic carbocycles. The molecule has 0 fully saturated rings. The van der Waals surface area contributed by atoms with E-state index in [0.29, 0.717) is 6.54 Å². The van der Waals surface area contributed by atoms with Gasteiger partial charge >= 0.3 is 0 Å². The van der Waals surface area contributed by atoms with E-state index in [-0.39, 0.29) is 0 Å². The van der Waals surface area contributed by atoms with Crippen molar-refractivity contribution in [2.24, 2.45) is 0 Å². The molecule has 0 spiro atoms. The summed E-state index contributed by atoms with van der Waals surface area (Å²) in [7, 11) is 5.01. The average molecular weight is 400 g/mol. The van der Waals surface area contributed by atoms with Crippen molar-refractivity contribution in [1.82, 2.24) is 9.78 Å². The molecule has 3 aromatic carbocycles. The first kappa shape index (κ1) is 19.6. The molecule has 1 heterocycles. The van der Waals surface area contributed by atoms with E-state index in [2.05, 4.69) is 30.3 Å². The van der Waals surface area contributed by atoms with Crippen molar-refractivity contribution in [2.45, 2.75) is 6.54 Å².